The fraction of sp³-hybridized carbons (Fsp3) is 0.300. The molecule has 1 amide bonds. The third kappa shape index (κ3) is 2.70. The molecule has 0 saturated heterocycles. The normalized spacial score (nSPS) is 9.67. The molecule has 0 bridgehead atoms. The maximum Gasteiger partial charge on any atom is 0.251 e. The van der Waals surface area contributed by atoms with E-state index in [0.717, 1.165) is 11.3 Å². The van der Waals surface area contributed by atoms with Crippen LogP contribution in [0, 0.1) is 25.2 Å². The van der Waals surface area contributed by atoms with E-state index in [4.69, 9.17) is 11.0 Å². The Morgan fingerprint density at radius 2 is 2.33 bits per heavy atom. The van der Waals surface area contributed by atoms with Gasteiger partial charge < -0.3 is 5.73 Å². The van der Waals surface area contributed by atoms with Crippen molar-refractivity contribution in [3.05, 3.63) is 22.9 Å². The molecule has 0 aliphatic carbocycles. The number of primary amides is 1. The van der Waals surface area contributed by atoms with Crippen molar-refractivity contribution < 1.29 is 4.79 Å². The Labute approximate surface area is 92.5 Å². The molecule has 0 saturated carbocycles. The second-order valence-corrected chi connectivity index (χ2v) is 4.04. The monoisotopic (exact) mass is 221 g/mol. The molecule has 5 heteroatoms. The zero-order valence-electron chi connectivity index (χ0n) is 8.57. The molecular weight excluding hydrogens is 210 g/mol. The van der Waals surface area contributed by atoms with E-state index >= 15 is 0 Å². The summed E-state index contributed by atoms with van der Waals surface area (Å²) in [6.45, 7) is 3.65. The molecular formula is C10H11N3OS. The van der Waals surface area contributed by atoms with Crippen LogP contribution < -0.4 is 5.73 Å². The summed E-state index contributed by atoms with van der Waals surface area (Å²) < 4.78 is 0. The number of nitrogens with two attached hydrogens (primary N) is 1. The van der Waals surface area contributed by atoms with E-state index in [0.29, 0.717) is 10.6 Å². The number of nitrogens with zero attached hydrogens (tertiary/aromatic N) is 2. The average Bonchev–Trinajstić information content (AvgIpc) is 2.12. The fourth-order valence-electron chi connectivity index (χ4n) is 1.31. The van der Waals surface area contributed by atoms with Gasteiger partial charge in [0.15, 0.2) is 0 Å². The minimum absolute atomic E-state index is 0.260. The number of aryl methyl sites for hydroxylation is 2. The summed E-state index contributed by atoms with van der Waals surface area (Å²) in [6, 6.07) is 3.79. The molecule has 0 spiro atoms. The number of aromatic nitrogens is 1. The first-order valence-electron chi connectivity index (χ1n) is 4.34. The standard InChI is InChI=1S/C10H11N3OS/c1-6-5-7(2)13-10(15-4-3-11)8(6)9(12)14/h5H,4H2,1-2H3,(H2,12,14). The summed E-state index contributed by atoms with van der Waals surface area (Å²) >= 11 is 1.23. The molecule has 0 aromatic carbocycles. The van der Waals surface area contributed by atoms with Gasteiger partial charge in [0.2, 0.25) is 0 Å². The van der Waals surface area contributed by atoms with Gasteiger partial charge in [-0.3, -0.25) is 4.79 Å². The van der Waals surface area contributed by atoms with E-state index in [-0.39, 0.29) is 5.75 Å². The summed E-state index contributed by atoms with van der Waals surface area (Å²) in [5.41, 5.74) is 7.30. The highest BCUT2D eigenvalue weighted by molar-refractivity contribution is 7.99. The molecule has 4 nitrogen and oxygen atoms in total. The lowest BCUT2D eigenvalue weighted by molar-refractivity contribution is 0.0996. The van der Waals surface area contributed by atoms with Crippen LogP contribution in [0.2, 0.25) is 0 Å². The van der Waals surface area contributed by atoms with Crippen molar-refractivity contribution in [2.45, 2.75) is 18.9 Å². The van der Waals surface area contributed by atoms with Crippen LogP contribution in [0.5, 0.6) is 0 Å². The van der Waals surface area contributed by atoms with Crippen LogP contribution in [0.4, 0.5) is 0 Å². The molecule has 1 heterocycles. The molecule has 15 heavy (non-hydrogen) atoms. The third-order valence-electron chi connectivity index (χ3n) is 1.83. The summed E-state index contributed by atoms with van der Waals surface area (Å²) in [5.74, 6) is -0.240. The Kier molecular flexibility index (Phi) is 3.69. The highest BCUT2D eigenvalue weighted by Gasteiger charge is 2.13. The van der Waals surface area contributed by atoms with Gasteiger partial charge in [0.1, 0.15) is 5.03 Å². The zero-order valence-corrected chi connectivity index (χ0v) is 9.39. The van der Waals surface area contributed by atoms with Gasteiger partial charge in [0.05, 0.1) is 17.4 Å². The minimum Gasteiger partial charge on any atom is -0.366 e. The molecule has 0 radical (unpaired) electrons. The molecule has 0 unspecified atom stereocenters. The van der Waals surface area contributed by atoms with Crippen LogP contribution in [0.15, 0.2) is 11.1 Å². The number of hydrogen-bond acceptors (Lipinski definition) is 4. The van der Waals surface area contributed by atoms with Crippen LogP contribution in [0.1, 0.15) is 21.6 Å². The first kappa shape index (κ1) is 11.5. The van der Waals surface area contributed by atoms with Gasteiger partial charge in [-0.15, -0.1) is 0 Å². The molecule has 0 fully saturated rings. The average molecular weight is 221 g/mol. The third-order valence-corrected chi connectivity index (χ3v) is 2.67. The molecule has 0 aliphatic rings. The van der Waals surface area contributed by atoms with Gasteiger partial charge in [-0.25, -0.2) is 4.98 Å². The quantitative estimate of drug-likeness (QED) is 0.783. The van der Waals surface area contributed by atoms with E-state index in [1.807, 2.05) is 19.9 Å². The number of thioether (sulfide) groups is 1. The second kappa shape index (κ2) is 4.80. The summed E-state index contributed by atoms with van der Waals surface area (Å²) in [5, 5.41) is 9.02. The SMILES string of the molecule is Cc1cc(C)c(C(N)=O)c(SCC#N)n1. The maximum atomic E-state index is 11.2. The first-order valence-corrected chi connectivity index (χ1v) is 5.32. The van der Waals surface area contributed by atoms with Crippen LogP contribution >= 0.6 is 11.8 Å². The lowest BCUT2D eigenvalue weighted by atomic mass is 10.1. The molecule has 2 N–H and O–H groups in total. The second-order valence-electron chi connectivity index (χ2n) is 3.07. The van der Waals surface area contributed by atoms with Gasteiger partial charge >= 0.3 is 0 Å². The molecule has 1 rings (SSSR count). The van der Waals surface area contributed by atoms with Crippen molar-refractivity contribution in [1.29, 1.82) is 5.26 Å². The van der Waals surface area contributed by atoms with E-state index in [9.17, 15) is 4.79 Å². The van der Waals surface area contributed by atoms with Crippen molar-refractivity contribution in [3.8, 4) is 6.07 Å². The topological polar surface area (TPSA) is 79.8 Å². The molecule has 1 aromatic rings. The summed E-state index contributed by atoms with van der Waals surface area (Å²) in [6.07, 6.45) is 0. The van der Waals surface area contributed by atoms with Crippen molar-refractivity contribution in [2.75, 3.05) is 5.75 Å². The van der Waals surface area contributed by atoms with Crippen molar-refractivity contribution in [2.24, 2.45) is 5.73 Å². The van der Waals surface area contributed by atoms with Gasteiger partial charge in [-0.05, 0) is 25.5 Å². The van der Waals surface area contributed by atoms with E-state index in [2.05, 4.69) is 4.98 Å². The summed E-state index contributed by atoms with van der Waals surface area (Å²) in [4.78, 5) is 15.4. The molecule has 1 aromatic heterocycles. The fourth-order valence-corrected chi connectivity index (χ4v) is 2.12. The Bertz CT molecular complexity index is 437. The number of carbonyl (C=O) groups is 1. The number of rotatable bonds is 3. The molecule has 78 valence electrons. The Morgan fingerprint density at radius 1 is 1.67 bits per heavy atom. The lowest BCUT2D eigenvalue weighted by Gasteiger charge is -2.08. The molecule has 0 atom stereocenters. The predicted molar refractivity (Wildman–Crippen MR) is 58.6 cm³/mol. The van der Waals surface area contributed by atoms with Crippen LogP contribution in [0.3, 0.4) is 0 Å². The molecule has 0 aliphatic heterocycles. The first-order chi connectivity index (χ1) is 7.06. The minimum atomic E-state index is -0.500. The highest BCUT2D eigenvalue weighted by Crippen LogP contribution is 2.23. The Hall–Kier alpha value is -1.54. The number of hydrogen-bond donors (Lipinski definition) is 1. The van der Waals surface area contributed by atoms with E-state index in [1.165, 1.54) is 11.8 Å². The Balaban J connectivity index is 3.22. The predicted octanol–water partition coefficient (Wildman–Crippen LogP) is 1.41. The van der Waals surface area contributed by atoms with Crippen molar-refractivity contribution in [3.63, 3.8) is 0 Å². The van der Waals surface area contributed by atoms with Gasteiger partial charge in [0.25, 0.3) is 5.91 Å². The summed E-state index contributed by atoms with van der Waals surface area (Å²) in [7, 11) is 0. The van der Waals surface area contributed by atoms with Gasteiger partial charge in [-0.2, -0.15) is 5.26 Å². The van der Waals surface area contributed by atoms with Crippen molar-refractivity contribution >= 4 is 17.7 Å². The van der Waals surface area contributed by atoms with E-state index in [1.54, 1.807) is 6.07 Å². The largest absolute Gasteiger partial charge is 0.366 e. The zero-order chi connectivity index (χ0) is 11.4. The maximum absolute atomic E-state index is 11.2. The van der Waals surface area contributed by atoms with Crippen LogP contribution in [-0.2, 0) is 0 Å². The number of pyridine rings is 1. The number of nitriles is 1. The van der Waals surface area contributed by atoms with Crippen LogP contribution in [-0.4, -0.2) is 16.6 Å². The van der Waals surface area contributed by atoms with Gasteiger partial charge in [0, 0.05) is 5.69 Å². The van der Waals surface area contributed by atoms with Gasteiger partial charge in [-0.1, -0.05) is 11.8 Å². The van der Waals surface area contributed by atoms with E-state index < -0.39 is 5.91 Å². The Morgan fingerprint density at radius 3 is 2.87 bits per heavy atom. The highest BCUT2D eigenvalue weighted by atomic mass is 32.2. The number of carbonyl (C=O) groups excluding carboxylic acids is 1. The number of amides is 1. The van der Waals surface area contributed by atoms with Crippen LogP contribution in [0.25, 0.3) is 0 Å². The lowest BCUT2D eigenvalue weighted by Crippen LogP contribution is -2.15. The smallest absolute Gasteiger partial charge is 0.251 e. The van der Waals surface area contributed by atoms with Crippen molar-refractivity contribution in [1.82, 2.24) is 4.98 Å².